The van der Waals surface area contributed by atoms with Gasteiger partial charge in [0, 0.05) is 30.1 Å². The predicted molar refractivity (Wildman–Crippen MR) is 457 cm³/mol. The van der Waals surface area contributed by atoms with Crippen LogP contribution in [0, 0.1) is 23.7 Å². The molecule has 44 nitrogen and oxygen atoms in total. The molecule has 0 spiro atoms. The average Bonchev–Trinajstić information content (AvgIpc) is 0.753. The summed E-state index contributed by atoms with van der Waals surface area (Å²) in [6, 6.07) is -1.18. The van der Waals surface area contributed by atoms with Crippen molar-refractivity contribution in [2.75, 3.05) is 52.9 Å². The Kier molecular flexibility index (Phi) is 51.1. The summed E-state index contributed by atoms with van der Waals surface area (Å²) in [5, 5.41) is 253. The quantitative estimate of drug-likeness (QED) is 0.00961. The number of hydrogen-bond acceptors (Lipinski definition) is 43. The number of hydrogen-bond donors (Lipinski definition) is 23. The van der Waals surface area contributed by atoms with Crippen molar-refractivity contribution in [3.05, 3.63) is 12.2 Å². The maximum atomic E-state index is 13.7. The van der Waals surface area contributed by atoms with Crippen molar-refractivity contribution >= 4 is 25.3 Å². The fourth-order valence-electron chi connectivity index (χ4n) is 18.1. The fourth-order valence-corrected chi connectivity index (χ4v) is 18.1. The van der Waals surface area contributed by atoms with Gasteiger partial charge in [0.05, 0.1) is 127 Å². The first-order chi connectivity index (χ1) is 63.6. The number of aliphatic hydroxyl groups is 22. The Morgan fingerprint density at radius 3 is 1.23 bits per heavy atom. The molecular formula is C89H157NO43. The van der Waals surface area contributed by atoms with Crippen LogP contribution >= 0.6 is 0 Å². The van der Waals surface area contributed by atoms with E-state index in [-0.39, 0.29) is 25.8 Å². The molecule has 23 N–H and O–H groups in total. The molecule has 11 unspecified atom stereocenters. The third-order valence-electron chi connectivity index (χ3n) is 26.6. The molecule has 133 heavy (non-hydrogen) atoms. The van der Waals surface area contributed by atoms with E-state index in [4.69, 9.17) is 80.5 Å². The molecule has 44 heteroatoms. The van der Waals surface area contributed by atoms with Crippen LogP contribution in [0.5, 0.6) is 0 Å². The number of nitrogens with one attached hydrogen (secondary N) is 1. The molecule has 776 valence electrons. The number of rotatable bonds is 63. The van der Waals surface area contributed by atoms with E-state index in [0.717, 1.165) is 64.2 Å². The molecule has 7 aliphatic heterocycles. The maximum absolute atomic E-state index is 13.7. The first kappa shape index (κ1) is 116. The molecule has 0 radical (unpaired) electrons. The van der Waals surface area contributed by atoms with Gasteiger partial charge in [0.1, 0.15) is 122 Å². The van der Waals surface area contributed by atoms with Crippen molar-refractivity contribution in [2.45, 2.75) is 448 Å². The number of amides is 1. The summed E-state index contributed by atoms with van der Waals surface area (Å²) in [6.45, 7) is 0.445. The van der Waals surface area contributed by atoms with Gasteiger partial charge in [-0.1, -0.05) is 195 Å². The molecule has 0 aromatic carbocycles. The Bertz CT molecular complexity index is 3240. The Balaban J connectivity index is 1.19. The van der Waals surface area contributed by atoms with Crippen LogP contribution in [0.1, 0.15) is 228 Å². The highest BCUT2D eigenvalue weighted by atomic mass is 16.9. The van der Waals surface area contributed by atoms with E-state index < -0.39 is 322 Å². The van der Waals surface area contributed by atoms with E-state index in [1.54, 1.807) is 6.08 Å². The molecule has 7 aliphatic rings. The summed E-state index contributed by atoms with van der Waals surface area (Å²) in [5.41, 5.74) is 0. The second-order valence-corrected chi connectivity index (χ2v) is 36.6. The van der Waals surface area contributed by atoms with Crippen molar-refractivity contribution in [3.8, 4) is 0 Å². The number of aliphatic hydroxyl groups excluding tert-OH is 22. The molecule has 0 aliphatic carbocycles. The largest absolute Gasteiger partial charge is 0.410 e. The summed E-state index contributed by atoms with van der Waals surface area (Å²) in [5.74, 6) is -14.5. The van der Waals surface area contributed by atoms with Gasteiger partial charge in [0.15, 0.2) is 25.2 Å². The molecule has 1 amide bonds. The van der Waals surface area contributed by atoms with Gasteiger partial charge in [-0.15, -0.1) is 0 Å². The van der Waals surface area contributed by atoms with Gasteiger partial charge < -0.3 is 198 Å². The Hall–Kier alpha value is -3.82. The first-order valence-corrected chi connectivity index (χ1v) is 47.7. The third-order valence-corrected chi connectivity index (χ3v) is 26.6. The number of carbonyl (C=O) groups is 4. The van der Waals surface area contributed by atoms with Gasteiger partial charge >= 0.3 is 17.9 Å². The molecule has 7 saturated heterocycles. The SMILES string of the molecule is CCCCCCCCCCCCC/C=C/[C@@H](O)[C@H](CO[C@@H]1OC(CO)[C@@H](O[C@@H]2OC(CO)[C@H](O[C@@H]3OC(CO)[C@H](O)[C@H](O[C@@H]4OC(CO)[C@H](O)[C@H](O[C@]5(OC=O)C[C@@H](O)[C@@H](C)C([C@H](O)[C@H](O)CO)O5)C4O)C3C)[C@H](O[C@]3(OC=O)C[C@@H](O)[C@@H](C)C([C@H](O)[C@@H](CO)O[C@]4(OC=O)C[C@@H](O)[C@@H](C)C([C@H](O)[C@H](O)CO)O4)O3)C2O)[C@H](O)C1O)NC(=O)CCCCCCCCCCCCCCC. The van der Waals surface area contributed by atoms with Gasteiger partial charge in [-0.25, -0.2) is 0 Å². The Labute approximate surface area is 776 Å². The van der Waals surface area contributed by atoms with E-state index >= 15 is 0 Å². The zero-order valence-electron chi connectivity index (χ0n) is 77.3. The highest BCUT2D eigenvalue weighted by Crippen LogP contribution is 2.47. The second kappa shape index (κ2) is 58.5. The monoisotopic (exact) mass is 1930 g/mol. The number of allylic oxidation sites excluding steroid dienone is 1. The van der Waals surface area contributed by atoms with Crippen molar-refractivity contribution in [1.82, 2.24) is 5.32 Å². The average molecular weight is 1930 g/mol. The Morgan fingerprint density at radius 2 is 0.774 bits per heavy atom. The standard InChI is InChI=1S/C89H157NO43/c1-7-9-11-13-15-17-19-21-23-25-27-29-31-33-54(101)53(90-65(107)34-32-30-28-26-24-22-20-18-16-14-12-10-8-2)45-117-84-72(114)71(113)79(63(43-96)123-84)126-86-74(116)82(133-89(120-48-100)37-57(104)51(5)78(131-89)70(112)62(42-95)128-87(118-46-98)35-55(102)49(3)76(129-87)66(108)58(105)38-91)80(64(44-97)124-86)127-83-52(6)75(68(110)60(40-93)121-83)125-85-73(115)81(69(111)61(41-94)122-85)132-88(119-47-99)36-56(103)50(4)77(130-88)67(109)59(106)39-92/h31,33,46-64,66-86,91-97,101-106,108-116H,7-30,32,34-45H2,1-6H3,(H,90,107)/b33-31+/t49-,50-,51-,52?,53+,54-,55-,56-,57-,58-,59-,60?,61?,62-,63?,64?,66-,67-,68+,69+,70-,71-,72?,73?,74?,75-,76?,77?,78?,79-,80+,81+,82-,83+,84-,85+,86+,87-,88+,89+/m1/s1. The summed E-state index contributed by atoms with van der Waals surface area (Å²) in [7, 11) is 0. The lowest BCUT2D eigenvalue weighted by Crippen LogP contribution is -2.69. The van der Waals surface area contributed by atoms with Crippen LogP contribution in [0.2, 0.25) is 0 Å². The van der Waals surface area contributed by atoms with Gasteiger partial charge in [-0.2, -0.15) is 0 Å². The molecular weight excluding hydrogens is 1770 g/mol. The van der Waals surface area contributed by atoms with Crippen LogP contribution < -0.4 is 5.32 Å². The van der Waals surface area contributed by atoms with Crippen LogP contribution in [0.3, 0.4) is 0 Å². The van der Waals surface area contributed by atoms with Gasteiger partial charge in [0.25, 0.3) is 19.4 Å². The topological polar surface area (TPSA) is 682 Å². The molecule has 0 saturated carbocycles. The van der Waals surface area contributed by atoms with Crippen molar-refractivity contribution in [3.63, 3.8) is 0 Å². The Morgan fingerprint density at radius 1 is 0.398 bits per heavy atom. The van der Waals surface area contributed by atoms with E-state index in [1.165, 1.54) is 117 Å². The predicted octanol–water partition coefficient (Wildman–Crippen LogP) is -2.81. The maximum Gasteiger partial charge on any atom is 0.332 e. The van der Waals surface area contributed by atoms with Crippen LogP contribution in [-0.4, -0.2) is 411 Å². The van der Waals surface area contributed by atoms with Crippen molar-refractivity contribution in [2.24, 2.45) is 23.7 Å². The minimum Gasteiger partial charge on any atom is -0.410 e. The fraction of sp³-hybridized carbons (Fsp3) is 0.933. The van der Waals surface area contributed by atoms with Crippen LogP contribution in [0.15, 0.2) is 12.2 Å². The van der Waals surface area contributed by atoms with Crippen LogP contribution in [0.4, 0.5) is 0 Å². The highest BCUT2D eigenvalue weighted by molar-refractivity contribution is 5.76. The number of carbonyl (C=O) groups excluding carboxylic acids is 4. The molecule has 0 aromatic heterocycles. The zero-order valence-corrected chi connectivity index (χ0v) is 77.3. The molecule has 7 rings (SSSR count). The zero-order chi connectivity index (χ0) is 97.9. The minimum absolute atomic E-state index is 0.106. The molecule has 40 atom stereocenters. The smallest absolute Gasteiger partial charge is 0.332 e. The van der Waals surface area contributed by atoms with Crippen LogP contribution in [-0.2, 0) is 99.7 Å². The highest BCUT2D eigenvalue weighted by Gasteiger charge is 2.63. The minimum atomic E-state index is -3.19. The summed E-state index contributed by atoms with van der Waals surface area (Å²) < 4.78 is 102. The third kappa shape index (κ3) is 32.6. The van der Waals surface area contributed by atoms with E-state index in [0.29, 0.717) is 12.8 Å². The summed E-state index contributed by atoms with van der Waals surface area (Å²) in [4.78, 5) is 51.3. The second-order valence-electron chi connectivity index (χ2n) is 36.6. The van der Waals surface area contributed by atoms with E-state index in [9.17, 15) is 132 Å². The van der Waals surface area contributed by atoms with Gasteiger partial charge in [-0.05, 0) is 19.3 Å². The normalized spacial score (nSPS) is 38.1. The van der Waals surface area contributed by atoms with Crippen LogP contribution in [0.25, 0.3) is 0 Å². The molecule has 0 aromatic rings. The lowest BCUT2D eigenvalue weighted by molar-refractivity contribution is -0.461. The summed E-state index contributed by atoms with van der Waals surface area (Å²) >= 11 is 0. The van der Waals surface area contributed by atoms with Gasteiger partial charge in [0.2, 0.25) is 5.91 Å². The number of ether oxygens (including phenoxy) is 17. The van der Waals surface area contributed by atoms with Gasteiger partial charge in [-0.3, -0.25) is 19.2 Å². The lowest BCUT2D eigenvalue weighted by Gasteiger charge is -2.53. The van der Waals surface area contributed by atoms with Crippen molar-refractivity contribution in [1.29, 1.82) is 0 Å². The van der Waals surface area contributed by atoms with Crippen molar-refractivity contribution < 1.29 is 212 Å². The van der Waals surface area contributed by atoms with E-state index in [1.807, 2.05) is 0 Å². The van der Waals surface area contributed by atoms with E-state index in [2.05, 4.69) is 19.2 Å². The lowest BCUT2D eigenvalue weighted by atomic mass is 9.86. The molecule has 7 heterocycles. The summed E-state index contributed by atoms with van der Waals surface area (Å²) in [6.07, 6.45) is -36.5. The first-order valence-electron chi connectivity index (χ1n) is 47.7. The number of unbranched alkanes of at least 4 members (excludes halogenated alkanes) is 23. The molecule has 0 bridgehead atoms. The molecule has 7 fully saturated rings.